The predicted molar refractivity (Wildman–Crippen MR) is 69.1 cm³/mol. The number of β-amino-alcohol motifs (C(OH)–C–C–N with tert-alkyl or cyclic N) is 1. The van der Waals surface area contributed by atoms with Gasteiger partial charge >= 0.3 is 0 Å². The lowest BCUT2D eigenvalue weighted by atomic mass is 9.86. The minimum Gasteiger partial charge on any atom is -0.388 e. The van der Waals surface area contributed by atoms with Crippen LogP contribution < -0.4 is 5.32 Å². The molecule has 2 aromatic rings. The Morgan fingerprint density at radius 1 is 1.29 bits per heavy atom. The lowest BCUT2D eigenvalue weighted by Gasteiger charge is -2.33. The maximum Gasteiger partial charge on any atom is 0.0812 e. The first-order valence-electron chi connectivity index (χ1n) is 6.25. The third-order valence-corrected chi connectivity index (χ3v) is 3.65. The van der Waals surface area contributed by atoms with Crippen molar-refractivity contribution in [2.75, 3.05) is 13.1 Å². The lowest BCUT2D eigenvalue weighted by molar-refractivity contribution is 0.0172. The van der Waals surface area contributed by atoms with Crippen LogP contribution >= 0.6 is 0 Å². The summed E-state index contributed by atoms with van der Waals surface area (Å²) in [5.74, 6) is 0. The minimum atomic E-state index is -0.580. The van der Waals surface area contributed by atoms with Crippen molar-refractivity contribution in [2.24, 2.45) is 0 Å². The van der Waals surface area contributed by atoms with E-state index < -0.39 is 5.60 Å². The number of rotatable bonds is 2. The summed E-state index contributed by atoms with van der Waals surface area (Å²) in [6.07, 6.45) is 4.63. The summed E-state index contributed by atoms with van der Waals surface area (Å²) in [7, 11) is 0. The first-order chi connectivity index (χ1) is 8.27. The van der Waals surface area contributed by atoms with Crippen molar-refractivity contribution < 1.29 is 5.11 Å². The number of benzene rings is 1. The zero-order valence-electron chi connectivity index (χ0n) is 9.87. The maximum atomic E-state index is 10.5. The molecule has 17 heavy (non-hydrogen) atoms. The molecule has 2 heterocycles. The van der Waals surface area contributed by atoms with E-state index >= 15 is 0 Å². The summed E-state index contributed by atoms with van der Waals surface area (Å²) in [6.45, 7) is 1.73. The van der Waals surface area contributed by atoms with E-state index in [2.05, 4.69) is 28.5 Å². The van der Waals surface area contributed by atoms with Crippen LogP contribution in [0.15, 0.2) is 30.5 Å². The molecular weight excluding hydrogens is 212 g/mol. The fourth-order valence-electron chi connectivity index (χ4n) is 2.76. The second kappa shape index (κ2) is 4.17. The molecule has 0 saturated carbocycles. The van der Waals surface area contributed by atoms with Gasteiger partial charge in [-0.1, -0.05) is 12.1 Å². The van der Waals surface area contributed by atoms with Gasteiger partial charge in [0.1, 0.15) is 0 Å². The van der Waals surface area contributed by atoms with Crippen molar-refractivity contribution in [3.63, 3.8) is 0 Å². The number of hydrogen-bond donors (Lipinski definition) is 3. The monoisotopic (exact) mass is 230 g/mol. The topological polar surface area (TPSA) is 48.0 Å². The van der Waals surface area contributed by atoms with Crippen LogP contribution in [0.2, 0.25) is 0 Å². The molecule has 3 heteroatoms. The summed E-state index contributed by atoms with van der Waals surface area (Å²) >= 11 is 0. The van der Waals surface area contributed by atoms with Gasteiger partial charge in [-0.05, 0) is 37.1 Å². The molecule has 90 valence electrons. The van der Waals surface area contributed by atoms with Crippen molar-refractivity contribution in [3.05, 3.63) is 36.0 Å². The third kappa shape index (κ3) is 2.08. The van der Waals surface area contributed by atoms with Crippen molar-refractivity contribution in [1.82, 2.24) is 10.3 Å². The summed E-state index contributed by atoms with van der Waals surface area (Å²) < 4.78 is 0. The fraction of sp³-hybridized carbons (Fsp3) is 0.429. The molecule has 3 nitrogen and oxygen atoms in total. The molecule has 1 unspecified atom stereocenters. The molecule has 0 spiro atoms. The van der Waals surface area contributed by atoms with E-state index in [0.29, 0.717) is 6.54 Å². The van der Waals surface area contributed by atoms with Gasteiger partial charge in [0.05, 0.1) is 5.60 Å². The van der Waals surface area contributed by atoms with E-state index in [1.165, 1.54) is 10.9 Å². The number of piperidine rings is 1. The van der Waals surface area contributed by atoms with Crippen LogP contribution in [-0.2, 0) is 6.42 Å². The Labute approximate surface area is 101 Å². The SMILES string of the molecule is OC1(Cc2cccc3[nH]ccc23)CCCNC1. The van der Waals surface area contributed by atoms with Crippen LogP contribution in [0.25, 0.3) is 10.9 Å². The van der Waals surface area contributed by atoms with Crippen LogP contribution in [-0.4, -0.2) is 28.8 Å². The number of nitrogens with one attached hydrogen (secondary N) is 2. The molecule has 1 aliphatic rings. The fourth-order valence-corrected chi connectivity index (χ4v) is 2.76. The Balaban J connectivity index is 1.91. The molecule has 3 rings (SSSR count). The molecule has 1 aromatic heterocycles. The number of aromatic amines is 1. The highest BCUT2D eigenvalue weighted by Gasteiger charge is 2.29. The van der Waals surface area contributed by atoms with E-state index in [4.69, 9.17) is 0 Å². The van der Waals surface area contributed by atoms with Gasteiger partial charge in [-0.15, -0.1) is 0 Å². The minimum absolute atomic E-state index is 0.580. The van der Waals surface area contributed by atoms with Crippen molar-refractivity contribution in [3.8, 4) is 0 Å². The predicted octanol–water partition coefficient (Wildman–Crippen LogP) is 1.82. The molecule has 0 aliphatic carbocycles. The molecule has 1 fully saturated rings. The van der Waals surface area contributed by atoms with Crippen molar-refractivity contribution >= 4 is 10.9 Å². The Morgan fingerprint density at radius 3 is 3.06 bits per heavy atom. The Bertz CT molecular complexity index is 512. The third-order valence-electron chi connectivity index (χ3n) is 3.65. The molecule has 0 radical (unpaired) electrons. The highest BCUT2D eigenvalue weighted by Crippen LogP contribution is 2.25. The zero-order valence-corrected chi connectivity index (χ0v) is 9.87. The normalized spacial score (nSPS) is 25.2. The highest BCUT2D eigenvalue weighted by molar-refractivity contribution is 5.82. The first kappa shape index (κ1) is 10.8. The first-order valence-corrected chi connectivity index (χ1v) is 6.25. The molecule has 1 aromatic carbocycles. The molecule has 1 atom stereocenters. The van der Waals surface area contributed by atoms with E-state index in [1.807, 2.05) is 12.3 Å². The van der Waals surface area contributed by atoms with Crippen molar-refractivity contribution in [2.45, 2.75) is 24.9 Å². The van der Waals surface area contributed by atoms with E-state index in [0.717, 1.165) is 31.3 Å². The van der Waals surface area contributed by atoms with Gasteiger partial charge in [-0.2, -0.15) is 0 Å². The van der Waals surface area contributed by atoms with E-state index in [9.17, 15) is 5.11 Å². The van der Waals surface area contributed by atoms with Gasteiger partial charge in [-0.3, -0.25) is 0 Å². The Hall–Kier alpha value is -1.32. The van der Waals surface area contributed by atoms with Crippen LogP contribution in [0.4, 0.5) is 0 Å². The molecular formula is C14H18N2O. The average Bonchev–Trinajstić information content (AvgIpc) is 2.79. The van der Waals surface area contributed by atoms with Crippen molar-refractivity contribution in [1.29, 1.82) is 0 Å². The van der Waals surface area contributed by atoms with E-state index in [-0.39, 0.29) is 0 Å². The zero-order chi connectivity index (χ0) is 11.7. The number of fused-ring (bicyclic) bond motifs is 1. The number of aromatic nitrogens is 1. The maximum absolute atomic E-state index is 10.5. The average molecular weight is 230 g/mol. The second-order valence-electron chi connectivity index (χ2n) is 5.04. The summed E-state index contributed by atoms with van der Waals surface area (Å²) in [4.78, 5) is 3.21. The van der Waals surface area contributed by atoms with E-state index in [1.54, 1.807) is 0 Å². The molecule has 3 N–H and O–H groups in total. The van der Waals surface area contributed by atoms with Gasteiger partial charge in [-0.25, -0.2) is 0 Å². The summed E-state index contributed by atoms with van der Waals surface area (Å²) in [5, 5.41) is 15.1. The second-order valence-corrected chi connectivity index (χ2v) is 5.04. The number of aliphatic hydroxyl groups is 1. The van der Waals surface area contributed by atoms with Gasteiger partial charge < -0.3 is 15.4 Å². The smallest absolute Gasteiger partial charge is 0.0812 e. The van der Waals surface area contributed by atoms with Crippen LogP contribution in [0.5, 0.6) is 0 Å². The van der Waals surface area contributed by atoms with Crippen LogP contribution in [0.1, 0.15) is 18.4 Å². The summed E-state index contributed by atoms with van der Waals surface area (Å²) in [5.41, 5.74) is 1.80. The standard InChI is InChI=1S/C14H18N2O/c17-14(6-2-7-15-10-14)9-11-3-1-4-13-12(11)5-8-16-13/h1,3-5,8,15-17H,2,6-7,9-10H2. The molecule has 1 saturated heterocycles. The largest absolute Gasteiger partial charge is 0.388 e. The van der Waals surface area contributed by atoms with Gasteiger partial charge in [0.2, 0.25) is 0 Å². The highest BCUT2D eigenvalue weighted by atomic mass is 16.3. The quantitative estimate of drug-likeness (QED) is 0.737. The van der Waals surface area contributed by atoms with Gasteiger partial charge in [0.15, 0.2) is 0 Å². The number of hydrogen-bond acceptors (Lipinski definition) is 2. The molecule has 0 amide bonds. The number of H-pyrrole nitrogens is 1. The van der Waals surface area contributed by atoms with Crippen LogP contribution in [0.3, 0.4) is 0 Å². The Kier molecular flexibility index (Phi) is 2.65. The van der Waals surface area contributed by atoms with Crippen LogP contribution in [0, 0.1) is 0 Å². The molecule has 0 bridgehead atoms. The summed E-state index contributed by atoms with van der Waals surface area (Å²) in [6, 6.07) is 8.32. The lowest BCUT2D eigenvalue weighted by Crippen LogP contribution is -2.47. The van der Waals surface area contributed by atoms with Gasteiger partial charge in [0.25, 0.3) is 0 Å². The Morgan fingerprint density at radius 2 is 2.24 bits per heavy atom. The molecule has 1 aliphatic heterocycles. The van der Waals surface area contributed by atoms with Gasteiger partial charge in [0, 0.05) is 30.1 Å².